The topological polar surface area (TPSA) is 86.6 Å². The summed E-state index contributed by atoms with van der Waals surface area (Å²) in [7, 11) is 0. The molecule has 0 unspecified atom stereocenters. The number of carbonyl (C=O) groups excluding carboxylic acids is 1. The van der Waals surface area contributed by atoms with E-state index in [0.29, 0.717) is 5.56 Å². The zero-order chi connectivity index (χ0) is 13.4. The Morgan fingerprint density at radius 1 is 1.28 bits per heavy atom. The van der Waals surface area contributed by atoms with Crippen LogP contribution in [0.3, 0.4) is 0 Å². The molecule has 0 aliphatic heterocycles. The highest BCUT2D eigenvalue weighted by atomic mass is 16.4. The number of carbonyl (C=O) groups is 2. The normalized spacial score (nSPS) is 10.9. The van der Waals surface area contributed by atoms with Crippen LogP contribution in [0.1, 0.15) is 12.0 Å². The van der Waals surface area contributed by atoms with Gasteiger partial charge in [0.2, 0.25) is 0 Å². The number of aliphatic hydroxyl groups excluding tert-OH is 1. The van der Waals surface area contributed by atoms with E-state index in [1.807, 2.05) is 6.07 Å². The van der Waals surface area contributed by atoms with Crippen LogP contribution in [0.2, 0.25) is 0 Å². The molecule has 0 bridgehead atoms. The molecule has 1 amide bonds. The molecule has 3 N–H and O–H groups in total. The lowest BCUT2D eigenvalue weighted by Gasteiger charge is -2.10. The highest BCUT2D eigenvalue weighted by Gasteiger charge is 2.17. The molecule has 0 spiro atoms. The third-order valence-electron chi connectivity index (χ3n) is 2.12. The standard InChI is InChI=1S/C13H13NO4/c15-9-8-11(13(17)18)14-12(16)7-6-10-4-2-1-3-5-10/h1-5,11,15H,8-9H2,(H,14,16)(H,17,18)/t11-/m1/s1. The Morgan fingerprint density at radius 3 is 2.50 bits per heavy atom. The van der Waals surface area contributed by atoms with Gasteiger partial charge in [0.25, 0.3) is 5.91 Å². The Labute approximate surface area is 104 Å². The van der Waals surface area contributed by atoms with Crippen molar-refractivity contribution in [1.82, 2.24) is 5.32 Å². The van der Waals surface area contributed by atoms with Crippen molar-refractivity contribution in [2.24, 2.45) is 0 Å². The fourth-order valence-electron chi connectivity index (χ4n) is 1.23. The minimum absolute atomic E-state index is 0.0475. The maximum atomic E-state index is 11.4. The molecule has 1 atom stereocenters. The number of rotatable bonds is 4. The Hall–Kier alpha value is -2.32. The summed E-state index contributed by atoms with van der Waals surface area (Å²) in [6, 6.07) is 7.76. The molecule has 0 aliphatic carbocycles. The van der Waals surface area contributed by atoms with Gasteiger partial charge in [0.15, 0.2) is 0 Å². The Balaban J connectivity index is 2.61. The molecule has 5 nitrogen and oxygen atoms in total. The first kappa shape index (κ1) is 13.7. The molecular formula is C13H13NO4. The van der Waals surface area contributed by atoms with E-state index in [1.54, 1.807) is 24.3 Å². The van der Waals surface area contributed by atoms with Crippen molar-refractivity contribution in [2.75, 3.05) is 6.61 Å². The largest absolute Gasteiger partial charge is 0.480 e. The van der Waals surface area contributed by atoms with Crippen LogP contribution in [0, 0.1) is 11.8 Å². The van der Waals surface area contributed by atoms with Crippen LogP contribution in [0.15, 0.2) is 30.3 Å². The summed E-state index contributed by atoms with van der Waals surface area (Å²) in [4.78, 5) is 22.1. The Morgan fingerprint density at radius 2 is 1.94 bits per heavy atom. The first-order valence-electron chi connectivity index (χ1n) is 5.34. The van der Waals surface area contributed by atoms with Gasteiger partial charge in [-0.3, -0.25) is 4.79 Å². The van der Waals surface area contributed by atoms with Crippen LogP contribution in [0.25, 0.3) is 0 Å². The van der Waals surface area contributed by atoms with Gasteiger partial charge in [-0.2, -0.15) is 0 Å². The number of carboxylic acid groups (broad SMARTS) is 1. The van der Waals surface area contributed by atoms with E-state index in [1.165, 1.54) is 0 Å². The van der Waals surface area contributed by atoms with Gasteiger partial charge in [-0.15, -0.1) is 0 Å². The van der Waals surface area contributed by atoms with E-state index in [-0.39, 0.29) is 13.0 Å². The minimum Gasteiger partial charge on any atom is -0.480 e. The first-order valence-corrected chi connectivity index (χ1v) is 5.34. The molecule has 0 fully saturated rings. The molecule has 1 aromatic rings. The fourth-order valence-corrected chi connectivity index (χ4v) is 1.23. The summed E-state index contributed by atoms with van der Waals surface area (Å²) in [6.07, 6.45) is -0.0475. The number of aliphatic carboxylic acids is 1. The molecule has 1 aromatic carbocycles. The number of hydrogen-bond donors (Lipinski definition) is 3. The molecule has 0 aromatic heterocycles. The quantitative estimate of drug-likeness (QED) is 0.653. The number of amides is 1. The van der Waals surface area contributed by atoms with Gasteiger partial charge in [-0.05, 0) is 12.1 Å². The van der Waals surface area contributed by atoms with Crippen LogP contribution in [-0.2, 0) is 9.59 Å². The third-order valence-corrected chi connectivity index (χ3v) is 2.12. The van der Waals surface area contributed by atoms with Crippen molar-refractivity contribution in [3.8, 4) is 11.8 Å². The van der Waals surface area contributed by atoms with E-state index in [0.717, 1.165) is 0 Å². The zero-order valence-corrected chi connectivity index (χ0v) is 9.59. The molecule has 0 saturated heterocycles. The highest BCUT2D eigenvalue weighted by Crippen LogP contribution is 1.95. The number of hydrogen-bond acceptors (Lipinski definition) is 3. The van der Waals surface area contributed by atoms with E-state index < -0.39 is 17.9 Å². The van der Waals surface area contributed by atoms with Crippen LogP contribution in [0.4, 0.5) is 0 Å². The minimum atomic E-state index is -1.20. The van der Waals surface area contributed by atoms with Gasteiger partial charge in [0, 0.05) is 24.5 Å². The van der Waals surface area contributed by atoms with Gasteiger partial charge in [0.05, 0.1) is 0 Å². The smallest absolute Gasteiger partial charge is 0.326 e. The van der Waals surface area contributed by atoms with Gasteiger partial charge in [-0.25, -0.2) is 4.79 Å². The molecular weight excluding hydrogens is 234 g/mol. The lowest BCUT2D eigenvalue weighted by Crippen LogP contribution is -2.40. The first-order chi connectivity index (χ1) is 8.63. The van der Waals surface area contributed by atoms with Crippen LogP contribution >= 0.6 is 0 Å². The second-order valence-electron chi connectivity index (χ2n) is 3.49. The number of aliphatic hydroxyl groups is 1. The van der Waals surface area contributed by atoms with E-state index in [2.05, 4.69) is 17.2 Å². The predicted molar refractivity (Wildman–Crippen MR) is 64.6 cm³/mol. The zero-order valence-electron chi connectivity index (χ0n) is 9.59. The summed E-state index contributed by atoms with van der Waals surface area (Å²) >= 11 is 0. The number of carboxylic acids is 1. The highest BCUT2D eigenvalue weighted by molar-refractivity contribution is 5.96. The molecule has 0 saturated carbocycles. The summed E-state index contributed by atoms with van der Waals surface area (Å²) in [5, 5.41) is 19.6. The average Bonchev–Trinajstić information content (AvgIpc) is 2.37. The molecule has 94 valence electrons. The van der Waals surface area contributed by atoms with Crippen LogP contribution < -0.4 is 5.32 Å². The van der Waals surface area contributed by atoms with Gasteiger partial charge >= 0.3 is 5.97 Å². The van der Waals surface area contributed by atoms with Crippen molar-refractivity contribution in [3.05, 3.63) is 35.9 Å². The summed E-state index contributed by atoms with van der Waals surface area (Å²) < 4.78 is 0. The Kier molecular flexibility index (Phi) is 5.42. The van der Waals surface area contributed by atoms with Gasteiger partial charge < -0.3 is 15.5 Å². The van der Waals surface area contributed by atoms with E-state index in [9.17, 15) is 9.59 Å². The summed E-state index contributed by atoms with van der Waals surface area (Å²) in [5.41, 5.74) is 0.668. The number of nitrogens with one attached hydrogen (secondary N) is 1. The molecule has 5 heteroatoms. The monoisotopic (exact) mass is 247 g/mol. The molecule has 18 heavy (non-hydrogen) atoms. The maximum absolute atomic E-state index is 11.4. The lowest BCUT2D eigenvalue weighted by molar-refractivity contribution is -0.141. The van der Waals surface area contributed by atoms with Crippen LogP contribution in [0.5, 0.6) is 0 Å². The van der Waals surface area contributed by atoms with Gasteiger partial charge in [-0.1, -0.05) is 24.1 Å². The van der Waals surface area contributed by atoms with Crippen molar-refractivity contribution >= 4 is 11.9 Å². The predicted octanol–water partition coefficient (Wildman–Crippen LogP) is -0.0101. The molecule has 0 heterocycles. The summed E-state index contributed by atoms with van der Waals surface area (Å²) in [6.45, 7) is -0.316. The Bertz CT molecular complexity index is 473. The second kappa shape index (κ2) is 7.09. The van der Waals surface area contributed by atoms with Crippen molar-refractivity contribution < 1.29 is 19.8 Å². The SMILES string of the molecule is O=C(C#Cc1ccccc1)N[C@H](CCO)C(=O)O. The van der Waals surface area contributed by atoms with E-state index in [4.69, 9.17) is 10.2 Å². The van der Waals surface area contributed by atoms with E-state index >= 15 is 0 Å². The third kappa shape index (κ3) is 4.68. The average molecular weight is 247 g/mol. The van der Waals surface area contributed by atoms with Crippen molar-refractivity contribution in [2.45, 2.75) is 12.5 Å². The number of benzene rings is 1. The van der Waals surface area contributed by atoms with Crippen LogP contribution in [-0.4, -0.2) is 34.7 Å². The fraction of sp³-hybridized carbons (Fsp3) is 0.231. The molecule has 0 aliphatic rings. The van der Waals surface area contributed by atoms with Crippen molar-refractivity contribution in [3.63, 3.8) is 0 Å². The second-order valence-corrected chi connectivity index (χ2v) is 3.49. The van der Waals surface area contributed by atoms with Crippen molar-refractivity contribution in [1.29, 1.82) is 0 Å². The van der Waals surface area contributed by atoms with Gasteiger partial charge in [0.1, 0.15) is 6.04 Å². The maximum Gasteiger partial charge on any atom is 0.326 e. The molecule has 1 rings (SSSR count). The lowest BCUT2D eigenvalue weighted by atomic mass is 10.2. The molecule has 0 radical (unpaired) electrons. The summed E-state index contributed by atoms with van der Waals surface area (Å²) in [5.74, 6) is 3.03.